The maximum absolute atomic E-state index is 12.3. The van der Waals surface area contributed by atoms with Gasteiger partial charge in [0.1, 0.15) is 6.07 Å². The molecule has 3 aromatic rings. The second-order valence-corrected chi connectivity index (χ2v) is 5.95. The minimum atomic E-state index is -0.470. The number of hydrogen-bond acceptors (Lipinski definition) is 5. The van der Waals surface area contributed by atoms with Gasteiger partial charge in [0.2, 0.25) is 0 Å². The summed E-state index contributed by atoms with van der Waals surface area (Å²) >= 11 is 12.2. The van der Waals surface area contributed by atoms with Gasteiger partial charge in [0, 0.05) is 0 Å². The largest absolute Gasteiger partial charge is 0.336 e. The summed E-state index contributed by atoms with van der Waals surface area (Å²) in [6, 6.07) is 16.9. The Labute approximate surface area is 159 Å². The third-order valence-electron chi connectivity index (χ3n) is 3.41. The summed E-state index contributed by atoms with van der Waals surface area (Å²) in [7, 11) is 0. The van der Waals surface area contributed by atoms with Crippen LogP contribution in [0.4, 0.5) is 17.2 Å². The summed E-state index contributed by atoms with van der Waals surface area (Å²) in [5.41, 5.74) is 1.38. The summed E-state index contributed by atoms with van der Waals surface area (Å²) in [5.74, 6) is -0.0866. The normalized spacial score (nSPS) is 10.0. The molecule has 3 rings (SSSR count). The lowest BCUT2D eigenvalue weighted by atomic mass is 10.2. The molecule has 1 heterocycles. The van der Waals surface area contributed by atoms with Crippen molar-refractivity contribution in [3.05, 3.63) is 75.9 Å². The van der Waals surface area contributed by atoms with Crippen LogP contribution in [0, 0.1) is 11.3 Å². The number of para-hydroxylation sites is 2. The molecule has 0 aliphatic carbocycles. The third kappa shape index (κ3) is 3.91. The highest BCUT2D eigenvalue weighted by molar-refractivity contribution is 6.39. The van der Waals surface area contributed by atoms with E-state index in [2.05, 4.69) is 20.8 Å². The van der Waals surface area contributed by atoms with Crippen LogP contribution < -0.4 is 10.6 Å². The van der Waals surface area contributed by atoms with Crippen LogP contribution in [-0.4, -0.2) is 16.1 Å². The van der Waals surface area contributed by atoms with Gasteiger partial charge in [-0.25, -0.2) is 0 Å². The minimum absolute atomic E-state index is 0.105. The Kier molecular flexibility index (Phi) is 5.32. The Morgan fingerprint density at radius 2 is 1.69 bits per heavy atom. The average molecular weight is 384 g/mol. The monoisotopic (exact) mass is 383 g/mol. The molecule has 0 unspecified atom stereocenters. The van der Waals surface area contributed by atoms with Gasteiger partial charge in [-0.15, -0.1) is 10.2 Å². The Morgan fingerprint density at radius 1 is 0.962 bits per heavy atom. The predicted octanol–water partition coefficient (Wildman–Crippen LogP) is 4.65. The van der Waals surface area contributed by atoms with E-state index in [1.54, 1.807) is 48.5 Å². The number of hydrogen-bond donors (Lipinski definition) is 2. The van der Waals surface area contributed by atoms with Crippen LogP contribution in [0.3, 0.4) is 0 Å². The Morgan fingerprint density at radius 3 is 2.35 bits per heavy atom. The molecular formula is C18H11Cl2N5O. The molecular weight excluding hydrogens is 373 g/mol. The predicted molar refractivity (Wildman–Crippen MR) is 101 cm³/mol. The van der Waals surface area contributed by atoms with Crippen molar-refractivity contribution < 1.29 is 4.79 Å². The Bertz CT molecular complexity index is 979. The molecule has 0 fully saturated rings. The molecule has 26 heavy (non-hydrogen) atoms. The van der Waals surface area contributed by atoms with Gasteiger partial charge in [-0.2, -0.15) is 5.26 Å². The number of nitrogens with zero attached hydrogens (tertiary/aromatic N) is 3. The van der Waals surface area contributed by atoms with E-state index in [1.807, 2.05) is 6.07 Å². The molecule has 0 spiro atoms. The number of benzene rings is 2. The van der Waals surface area contributed by atoms with Gasteiger partial charge in [0.05, 0.1) is 27.0 Å². The second kappa shape index (κ2) is 7.83. The smallest absolute Gasteiger partial charge is 0.276 e. The standard InChI is InChI=1S/C18H11Cl2N5O/c19-12-5-3-6-13(20)17(12)23-16-9-8-15(24-25-16)18(26)22-14-7-2-1-4-11(14)10-21/h1-9H,(H,22,26)(H,23,25). The molecule has 0 radical (unpaired) electrons. The van der Waals surface area contributed by atoms with Crippen LogP contribution in [0.1, 0.15) is 16.1 Å². The summed E-state index contributed by atoms with van der Waals surface area (Å²) in [6.07, 6.45) is 0. The quantitative estimate of drug-likeness (QED) is 0.683. The minimum Gasteiger partial charge on any atom is -0.336 e. The zero-order valence-electron chi connectivity index (χ0n) is 13.2. The fraction of sp³-hybridized carbons (Fsp3) is 0. The lowest BCUT2D eigenvalue weighted by Crippen LogP contribution is -2.15. The second-order valence-electron chi connectivity index (χ2n) is 5.14. The molecule has 1 aromatic heterocycles. The van der Waals surface area contributed by atoms with Crippen molar-refractivity contribution in [2.24, 2.45) is 0 Å². The van der Waals surface area contributed by atoms with Gasteiger partial charge in [0.15, 0.2) is 11.5 Å². The van der Waals surface area contributed by atoms with Crippen LogP contribution in [0.5, 0.6) is 0 Å². The molecule has 0 aliphatic rings. The summed E-state index contributed by atoms with van der Waals surface area (Å²) in [6.45, 7) is 0. The number of nitrogens with one attached hydrogen (secondary N) is 2. The first-order valence-corrected chi connectivity index (χ1v) is 8.19. The molecule has 0 saturated carbocycles. The number of anilines is 3. The molecule has 6 nitrogen and oxygen atoms in total. The molecule has 2 aromatic carbocycles. The maximum Gasteiger partial charge on any atom is 0.276 e. The third-order valence-corrected chi connectivity index (χ3v) is 4.04. The Balaban J connectivity index is 1.75. The SMILES string of the molecule is N#Cc1ccccc1NC(=O)c1ccc(Nc2c(Cl)cccc2Cl)nn1. The fourth-order valence-electron chi connectivity index (χ4n) is 2.14. The molecule has 8 heteroatoms. The van der Waals surface area contributed by atoms with Crippen molar-refractivity contribution in [2.75, 3.05) is 10.6 Å². The molecule has 1 amide bonds. The number of carbonyl (C=O) groups excluding carboxylic acids is 1. The highest BCUT2D eigenvalue weighted by Crippen LogP contribution is 2.31. The van der Waals surface area contributed by atoms with E-state index in [4.69, 9.17) is 28.5 Å². The first-order valence-electron chi connectivity index (χ1n) is 7.43. The molecule has 0 saturated heterocycles. The number of nitriles is 1. The van der Waals surface area contributed by atoms with Gasteiger partial charge in [-0.3, -0.25) is 4.79 Å². The van der Waals surface area contributed by atoms with Crippen molar-refractivity contribution in [3.63, 3.8) is 0 Å². The summed E-state index contributed by atoms with van der Waals surface area (Å²) in [4.78, 5) is 12.3. The molecule has 0 aliphatic heterocycles. The van der Waals surface area contributed by atoms with Gasteiger partial charge >= 0.3 is 0 Å². The van der Waals surface area contributed by atoms with Gasteiger partial charge in [-0.05, 0) is 36.4 Å². The van der Waals surface area contributed by atoms with Crippen LogP contribution in [0.25, 0.3) is 0 Å². The number of carbonyl (C=O) groups is 1. The van der Waals surface area contributed by atoms with Crippen molar-refractivity contribution in [3.8, 4) is 6.07 Å². The zero-order valence-corrected chi connectivity index (χ0v) is 14.7. The van der Waals surface area contributed by atoms with Crippen molar-refractivity contribution in [1.29, 1.82) is 5.26 Å². The van der Waals surface area contributed by atoms with Crippen LogP contribution in [-0.2, 0) is 0 Å². The first-order chi connectivity index (χ1) is 12.6. The lowest BCUT2D eigenvalue weighted by molar-refractivity contribution is 0.102. The van der Waals surface area contributed by atoms with E-state index in [9.17, 15) is 4.79 Å². The van der Waals surface area contributed by atoms with E-state index >= 15 is 0 Å². The van der Waals surface area contributed by atoms with Crippen molar-refractivity contribution in [1.82, 2.24) is 10.2 Å². The number of rotatable bonds is 4. The molecule has 0 bridgehead atoms. The molecule has 2 N–H and O–H groups in total. The van der Waals surface area contributed by atoms with E-state index in [-0.39, 0.29) is 5.69 Å². The van der Waals surface area contributed by atoms with Crippen LogP contribution in [0.15, 0.2) is 54.6 Å². The Hall–Kier alpha value is -3.14. The van der Waals surface area contributed by atoms with Crippen LogP contribution in [0.2, 0.25) is 10.0 Å². The van der Waals surface area contributed by atoms with Crippen LogP contribution >= 0.6 is 23.2 Å². The van der Waals surface area contributed by atoms with Gasteiger partial charge in [-0.1, -0.05) is 41.4 Å². The summed E-state index contributed by atoms with van der Waals surface area (Å²) < 4.78 is 0. The number of amides is 1. The zero-order chi connectivity index (χ0) is 18.5. The number of halogens is 2. The highest BCUT2D eigenvalue weighted by Gasteiger charge is 2.12. The average Bonchev–Trinajstić information content (AvgIpc) is 2.66. The maximum atomic E-state index is 12.3. The fourth-order valence-corrected chi connectivity index (χ4v) is 2.63. The molecule has 0 atom stereocenters. The highest BCUT2D eigenvalue weighted by atomic mass is 35.5. The van der Waals surface area contributed by atoms with E-state index in [1.165, 1.54) is 6.07 Å². The molecule has 128 valence electrons. The lowest BCUT2D eigenvalue weighted by Gasteiger charge is -2.09. The van der Waals surface area contributed by atoms with E-state index < -0.39 is 5.91 Å². The summed E-state index contributed by atoms with van der Waals surface area (Å²) in [5, 5.41) is 23.4. The van der Waals surface area contributed by atoms with Crippen molar-refractivity contribution in [2.45, 2.75) is 0 Å². The number of aromatic nitrogens is 2. The van der Waals surface area contributed by atoms with E-state index in [0.717, 1.165) is 0 Å². The topological polar surface area (TPSA) is 90.7 Å². The van der Waals surface area contributed by atoms with Crippen molar-refractivity contribution >= 4 is 46.3 Å². The first kappa shape index (κ1) is 17.7. The van der Waals surface area contributed by atoms with E-state index in [0.29, 0.717) is 32.8 Å². The van der Waals surface area contributed by atoms with Gasteiger partial charge in [0.25, 0.3) is 5.91 Å². The van der Waals surface area contributed by atoms with Gasteiger partial charge < -0.3 is 10.6 Å².